The number of ether oxygens (including phenoxy) is 2. The van der Waals surface area contributed by atoms with Gasteiger partial charge in [0.25, 0.3) is 5.91 Å². The molecule has 0 saturated heterocycles. The lowest BCUT2D eigenvalue weighted by atomic mass is 9.87. The second-order valence-electron chi connectivity index (χ2n) is 7.94. The van der Waals surface area contributed by atoms with Gasteiger partial charge in [-0.15, -0.1) is 0 Å². The van der Waals surface area contributed by atoms with Crippen LogP contribution in [0.2, 0.25) is 0 Å². The molecule has 0 aliphatic carbocycles. The minimum atomic E-state index is -0.564. The van der Waals surface area contributed by atoms with Crippen LogP contribution in [0.1, 0.15) is 44.4 Å². The molecule has 27 heavy (non-hydrogen) atoms. The summed E-state index contributed by atoms with van der Waals surface area (Å²) in [5.74, 6) is 1.39. The summed E-state index contributed by atoms with van der Waals surface area (Å²) in [5.41, 5.74) is 3.56. The summed E-state index contributed by atoms with van der Waals surface area (Å²) >= 11 is 0. The molecule has 0 aliphatic heterocycles. The molecule has 0 aromatic heterocycles. The Morgan fingerprint density at radius 3 is 2.37 bits per heavy atom. The first-order valence-corrected chi connectivity index (χ1v) is 9.42. The van der Waals surface area contributed by atoms with Crippen molar-refractivity contribution in [2.75, 3.05) is 13.2 Å². The molecule has 0 heterocycles. The average molecular weight is 370 g/mol. The molecule has 1 N–H and O–H groups in total. The number of benzene rings is 2. The molecule has 0 radical (unpaired) electrons. The molecule has 2 aromatic rings. The van der Waals surface area contributed by atoms with Gasteiger partial charge in [-0.3, -0.25) is 4.79 Å². The maximum atomic E-state index is 12.2. The summed E-state index contributed by atoms with van der Waals surface area (Å²) in [7, 11) is 0. The van der Waals surface area contributed by atoms with E-state index in [0.717, 1.165) is 16.9 Å². The maximum absolute atomic E-state index is 12.2. The number of nitrogens with one attached hydrogen (secondary N) is 1. The fraction of sp³-hybridized carbons (Fsp3) is 0.435. The molecule has 0 unspecified atom stereocenters. The number of hydrogen-bond acceptors (Lipinski definition) is 3. The predicted octanol–water partition coefficient (Wildman–Crippen LogP) is 4.56. The second kappa shape index (κ2) is 8.94. The van der Waals surface area contributed by atoms with E-state index in [0.29, 0.717) is 18.9 Å². The fourth-order valence-corrected chi connectivity index (χ4v) is 2.63. The summed E-state index contributed by atoms with van der Waals surface area (Å²) in [6, 6.07) is 14.0. The zero-order chi connectivity index (χ0) is 20.0. The first-order chi connectivity index (χ1) is 12.7. The van der Waals surface area contributed by atoms with Crippen molar-refractivity contribution in [1.82, 2.24) is 5.32 Å². The molecule has 4 heteroatoms. The Morgan fingerprint density at radius 2 is 1.74 bits per heavy atom. The summed E-state index contributed by atoms with van der Waals surface area (Å²) in [6.45, 7) is 13.1. The van der Waals surface area contributed by atoms with Crippen molar-refractivity contribution in [2.45, 2.75) is 53.1 Å². The molecule has 0 saturated carbocycles. The highest BCUT2D eigenvalue weighted by atomic mass is 16.5. The van der Waals surface area contributed by atoms with Gasteiger partial charge < -0.3 is 14.8 Å². The average Bonchev–Trinajstić information content (AvgIpc) is 2.61. The van der Waals surface area contributed by atoms with Gasteiger partial charge in [-0.1, -0.05) is 45.0 Å². The molecule has 4 nitrogen and oxygen atoms in total. The van der Waals surface area contributed by atoms with Crippen LogP contribution in [-0.2, 0) is 10.2 Å². The van der Waals surface area contributed by atoms with E-state index in [1.807, 2.05) is 50.2 Å². The Morgan fingerprint density at radius 1 is 1.07 bits per heavy atom. The van der Waals surface area contributed by atoms with Gasteiger partial charge in [0.15, 0.2) is 6.10 Å². The molecule has 2 aromatic carbocycles. The summed E-state index contributed by atoms with van der Waals surface area (Å²) < 4.78 is 11.5. The molecular weight excluding hydrogens is 338 g/mol. The SMILES string of the molecule is Cc1ccc(C)c(OCCNC(=O)[C@H](C)Oc2ccc(C(C)(C)C)cc2)c1. The van der Waals surface area contributed by atoms with Crippen LogP contribution in [0.3, 0.4) is 0 Å². The van der Waals surface area contributed by atoms with E-state index in [1.165, 1.54) is 5.56 Å². The molecule has 0 bridgehead atoms. The maximum Gasteiger partial charge on any atom is 0.260 e. The normalized spacial score (nSPS) is 12.4. The van der Waals surface area contributed by atoms with Crippen molar-refractivity contribution in [1.29, 1.82) is 0 Å². The number of aryl methyl sites for hydroxylation is 2. The zero-order valence-corrected chi connectivity index (χ0v) is 17.3. The molecule has 2 rings (SSSR count). The van der Waals surface area contributed by atoms with Crippen LogP contribution in [0.25, 0.3) is 0 Å². The van der Waals surface area contributed by atoms with Gasteiger partial charge >= 0.3 is 0 Å². The molecular formula is C23H31NO3. The van der Waals surface area contributed by atoms with E-state index in [-0.39, 0.29) is 11.3 Å². The van der Waals surface area contributed by atoms with Crippen LogP contribution < -0.4 is 14.8 Å². The summed E-state index contributed by atoms with van der Waals surface area (Å²) in [5, 5.41) is 2.85. The molecule has 0 spiro atoms. The summed E-state index contributed by atoms with van der Waals surface area (Å²) in [4.78, 5) is 12.2. The highest BCUT2D eigenvalue weighted by molar-refractivity contribution is 5.80. The van der Waals surface area contributed by atoms with Gasteiger partial charge in [0.05, 0.1) is 6.54 Å². The third kappa shape index (κ3) is 6.31. The number of amides is 1. The van der Waals surface area contributed by atoms with Crippen molar-refractivity contribution in [3.63, 3.8) is 0 Å². The Labute approximate surface area is 162 Å². The number of hydrogen-bond donors (Lipinski definition) is 1. The topological polar surface area (TPSA) is 47.6 Å². The third-order valence-electron chi connectivity index (χ3n) is 4.40. The number of carbonyl (C=O) groups excluding carboxylic acids is 1. The first-order valence-electron chi connectivity index (χ1n) is 9.42. The number of carbonyl (C=O) groups is 1. The monoisotopic (exact) mass is 369 g/mol. The van der Waals surface area contributed by atoms with Crippen molar-refractivity contribution in [3.05, 3.63) is 59.2 Å². The van der Waals surface area contributed by atoms with E-state index in [4.69, 9.17) is 9.47 Å². The zero-order valence-electron chi connectivity index (χ0n) is 17.3. The van der Waals surface area contributed by atoms with E-state index < -0.39 is 6.10 Å². The smallest absolute Gasteiger partial charge is 0.260 e. The molecule has 1 atom stereocenters. The van der Waals surface area contributed by atoms with Crippen molar-refractivity contribution in [2.24, 2.45) is 0 Å². The lowest BCUT2D eigenvalue weighted by molar-refractivity contribution is -0.127. The van der Waals surface area contributed by atoms with Gasteiger partial charge in [-0.25, -0.2) is 0 Å². The fourth-order valence-electron chi connectivity index (χ4n) is 2.63. The quantitative estimate of drug-likeness (QED) is 0.728. The number of rotatable bonds is 7. The van der Waals surface area contributed by atoms with E-state index >= 15 is 0 Å². The standard InChI is InChI=1S/C23H31NO3/c1-16-7-8-17(2)21(15-16)26-14-13-24-22(25)18(3)27-20-11-9-19(10-12-20)23(4,5)6/h7-12,15,18H,13-14H2,1-6H3,(H,24,25)/t18-/m0/s1. The van der Waals surface area contributed by atoms with Crippen LogP contribution in [0.15, 0.2) is 42.5 Å². The van der Waals surface area contributed by atoms with Gasteiger partial charge in [0, 0.05) is 0 Å². The minimum Gasteiger partial charge on any atom is -0.491 e. The van der Waals surface area contributed by atoms with Gasteiger partial charge in [-0.2, -0.15) is 0 Å². The molecule has 0 fully saturated rings. The van der Waals surface area contributed by atoms with Crippen LogP contribution in [0.4, 0.5) is 0 Å². The highest BCUT2D eigenvalue weighted by Gasteiger charge is 2.16. The van der Waals surface area contributed by atoms with Gasteiger partial charge in [0.1, 0.15) is 18.1 Å². The lowest BCUT2D eigenvalue weighted by Crippen LogP contribution is -2.38. The first kappa shape index (κ1) is 20.8. The Bertz CT molecular complexity index is 760. The van der Waals surface area contributed by atoms with Crippen molar-refractivity contribution in [3.8, 4) is 11.5 Å². The van der Waals surface area contributed by atoms with E-state index in [1.54, 1.807) is 6.92 Å². The highest BCUT2D eigenvalue weighted by Crippen LogP contribution is 2.24. The second-order valence-corrected chi connectivity index (χ2v) is 7.94. The van der Waals surface area contributed by atoms with Gasteiger partial charge in [0.2, 0.25) is 0 Å². The van der Waals surface area contributed by atoms with Crippen LogP contribution in [0, 0.1) is 13.8 Å². The van der Waals surface area contributed by atoms with E-state index in [2.05, 4.69) is 32.2 Å². The van der Waals surface area contributed by atoms with Crippen LogP contribution in [0.5, 0.6) is 11.5 Å². The Balaban J connectivity index is 1.77. The summed E-state index contributed by atoms with van der Waals surface area (Å²) in [6.07, 6.45) is -0.564. The van der Waals surface area contributed by atoms with E-state index in [9.17, 15) is 4.79 Å². The predicted molar refractivity (Wildman–Crippen MR) is 110 cm³/mol. The largest absolute Gasteiger partial charge is 0.491 e. The third-order valence-corrected chi connectivity index (χ3v) is 4.40. The van der Waals surface area contributed by atoms with Crippen molar-refractivity contribution >= 4 is 5.91 Å². The lowest BCUT2D eigenvalue weighted by Gasteiger charge is -2.20. The van der Waals surface area contributed by atoms with Crippen LogP contribution in [-0.4, -0.2) is 25.2 Å². The molecule has 0 aliphatic rings. The molecule has 1 amide bonds. The minimum absolute atomic E-state index is 0.0944. The van der Waals surface area contributed by atoms with Crippen LogP contribution >= 0.6 is 0 Å². The van der Waals surface area contributed by atoms with Gasteiger partial charge in [-0.05, 0) is 61.1 Å². The Kier molecular flexibility index (Phi) is 6.89. The van der Waals surface area contributed by atoms with Crippen molar-refractivity contribution < 1.29 is 14.3 Å². The Hall–Kier alpha value is -2.49. The molecule has 146 valence electrons.